The first kappa shape index (κ1) is 16.9. The van der Waals surface area contributed by atoms with Crippen LogP contribution in [0.3, 0.4) is 0 Å². The maximum absolute atomic E-state index is 12.0. The summed E-state index contributed by atoms with van der Waals surface area (Å²) in [5.41, 5.74) is 3.56. The molecule has 0 saturated heterocycles. The summed E-state index contributed by atoms with van der Waals surface area (Å²) in [6, 6.07) is 15.9. The standard InChI is InChI=1S/C18H20ClNOS/c1-13-4-3-5-15(10-13)11-22-12-18(21)20-14(2)16-6-8-17(19)9-7-16/h3-10,14H,11-12H2,1-2H3,(H,20,21). The lowest BCUT2D eigenvalue weighted by molar-refractivity contribution is -0.119. The zero-order valence-electron chi connectivity index (χ0n) is 12.8. The minimum absolute atomic E-state index is 0.00987. The zero-order chi connectivity index (χ0) is 15.9. The van der Waals surface area contributed by atoms with Gasteiger partial charge in [0.1, 0.15) is 0 Å². The van der Waals surface area contributed by atoms with Gasteiger partial charge in [-0.05, 0) is 37.1 Å². The third-order valence-corrected chi connectivity index (χ3v) is 4.59. The molecule has 22 heavy (non-hydrogen) atoms. The van der Waals surface area contributed by atoms with Gasteiger partial charge in [-0.25, -0.2) is 0 Å². The number of rotatable bonds is 6. The van der Waals surface area contributed by atoms with Crippen molar-refractivity contribution >= 4 is 29.3 Å². The Kier molecular flexibility index (Phi) is 6.34. The van der Waals surface area contributed by atoms with Crippen molar-refractivity contribution < 1.29 is 4.79 Å². The molecule has 0 spiro atoms. The highest BCUT2D eigenvalue weighted by Crippen LogP contribution is 2.17. The van der Waals surface area contributed by atoms with Crippen LogP contribution in [-0.4, -0.2) is 11.7 Å². The van der Waals surface area contributed by atoms with Crippen molar-refractivity contribution in [2.24, 2.45) is 0 Å². The fourth-order valence-electron chi connectivity index (χ4n) is 2.18. The molecule has 0 aliphatic heterocycles. The highest BCUT2D eigenvalue weighted by atomic mass is 35.5. The summed E-state index contributed by atoms with van der Waals surface area (Å²) in [6.07, 6.45) is 0. The van der Waals surface area contributed by atoms with Gasteiger partial charge in [0.15, 0.2) is 0 Å². The van der Waals surface area contributed by atoms with E-state index < -0.39 is 0 Å². The maximum atomic E-state index is 12.0. The van der Waals surface area contributed by atoms with E-state index in [4.69, 9.17) is 11.6 Å². The van der Waals surface area contributed by atoms with Crippen LogP contribution < -0.4 is 5.32 Å². The molecule has 2 rings (SSSR count). The number of carbonyl (C=O) groups is 1. The minimum atomic E-state index is -0.00987. The Hall–Kier alpha value is -1.45. The molecule has 0 aromatic heterocycles. The quantitative estimate of drug-likeness (QED) is 0.825. The van der Waals surface area contributed by atoms with Gasteiger partial charge in [0.2, 0.25) is 5.91 Å². The van der Waals surface area contributed by atoms with Crippen molar-refractivity contribution in [3.63, 3.8) is 0 Å². The molecule has 2 nitrogen and oxygen atoms in total. The third kappa shape index (κ3) is 5.39. The van der Waals surface area contributed by atoms with E-state index in [0.717, 1.165) is 11.3 Å². The molecule has 0 heterocycles. The molecule has 2 aromatic rings. The van der Waals surface area contributed by atoms with Gasteiger partial charge >= 0.3 is 0 Å². The Balaban J connectivity index is 1.76. The second kappa shape index (κ2) is 8.25. The molecule has 1 N–H and O–H groups in total. The summed E-state index contributed by atoms with van der Waals surface area (Å²) in [5, 5.41) is 3.72. The lowest BCUT2D eigenvalue weighted by Gasteiger charge is -2.14. The van der Waals surface area contributed by atoms with Crippen molar-refractivity contribution in [2.45, 2.75) is 25.6 Å². The molecule has 2 aromatic carbocycles. The molecule has 1 unspecified atom stereocenters. The molecule has 1 amide bonds. The maximum Gasteiger partial charge on any atom is 0.230 e. The number of hydrogen-bond acceptors (Lipinski definition) is 2. The van der Waals surface area contributed by atoms with Crippen LogP contribution in [0.5, 0.6) is 0 Å². The van der Waals surface area contributed by atoms with Crippen molar-refractivity contribution in [3.8, 4) is 0 Å². The van der Waals surface area contributed by atoms with E-state index in [1.165, 1.54) is 11.1 Å². The number of nitrogens with one attached hydrogen (secondary N) is 1. The van der Waals surface area contributed by atoms with Gasteiger partial charge < -0.3 is 5.32 Å². The average Bonchev–Trinajstić information content (AvgIpc) is 2.48. The highest BCUT2D eigenvalue weighted by molar-refractivity contribution is 7.99. The van der Waals surface area contributed by atoms with Crippen LogP contribution in [0.4, 0.5) is 0 Å². The first-order chi connectivity index (χ1) is 10.5. The second-order valence-corrected chi connectivity index (χ2v) is 6.74. The van der Waals surface area contributed by atoms with Gasteiger partial charge in [-0.1, -0.05) is 53.6 Å². The summed E-state index contributed by atoms with van der Waals surface area (Å²) >= 11 is 7.50. The highest BCUT2D eigenvalue weighted by Gasteiger charge is 2.09. The number of hydrogen-bond donors (Lipinski definition) is 1. The second-order valence-electron chi connectivity index (χ2n) is 5.32. The Morgan fingerprint density at radius 3 is 2.64 bits per heavy atom. The molecular formula is C18H20ClNOS. The number of carbonyl (C=O) groups excluding carboxylic acids is 1. The van der Waals surface area contributed by atoms with Crippen LogP contribution in [-0.2, 0) is 10.5 Å². The van der Waals surface area contributed by atoms with Crippen LogP contribution in [0.1, 0.15) is 29.7 Å². The molecule has 1 atom stereocenters. The normalized spacial score (nSPS) is 12.0. The van der Waals surface area contributed by atoms with E-state index in [2.05, 4.69) is 30.4 Å². The molecule has 116 valence electrons. The number of aryl methyl sites for hydroxylation is 1. The summed E-state index contributed by atoms with van der Waals surface area (Å²) in [7, 11) is 0. The SMILES string of the molecule is Cc1cccc(CSCC(=O)NC(C)c2ccc(Cl)cc2)c1. The van der Waals surface area contributed by atoms with Crippen LogP contribution in [0.25, 0.3) is 0 Å². The van der Waals surface area contributed by atoms with Crippen LogP contribution >= 0.6 is 23.4 Å². The van der Waals surface area contributed by atoms with Crippen molar-refractivity contribution in [1.29, 1.82) is 0 Å². The molecule has 0 aliphatic carbocycles. The van der Waals surface area contributed by atoms with Crippen LogP contribution in [0.2, 0.25) is 5.02 Å². The van der Waals surface area contributed by atoms with Gasteiger partial charge in [-0.15, -0.1) is 11.8 Å². The number of amides is 1. The fourth-order valence-corrected chi connectivity index (χ4v) is 3.09. The average molecular weight is 334 g/mol. The summed E-state index contributed by atoms with van der Waals surface area (Å²) in [5.74, 6) is 1.37. The topological polar surface area (TPSA) is 29.1 Å². The Morgan fingerprint density at radius 1 is 1.23 bits per heavy atom. The fraction of sp³-hybridized carbons (Fsp3) is 0.278. The summed E-state index contributed by atoms with van der Waals surface area (Å²) < 4.78 is 0. The lowest BCUT2D eigenvalue weighted by atomic mass is 10.1. The van der Waals surface area contributed by atoms with Crippen molar-refractivity contribution in [3.05, 3.63) is 70.2 Å². The smallest absolute Gasteiger partial charge is 0.230 e. The van der Waals surface area contributed by atoms with Crippen molar-refractivity contribution in [2.75, 3.05) is 5.75 Å². The Labute approximate surface area is 141 Å². The molecule has 4 heteroatoms. The zero-order valence-corrected chi connectivity index (χ0v) is 14.4. The van der Waals surface area contributed by atoms with Crippen LogP contribution in [0, 0.1) is 6.92 Å². The van der Waals surface area contributed by atoms with Gasteiger partial charge in [0.25, 0.3) is 0 Å². The van der Waals surface area contributed by atoms with E-state index in [9.17, 15) is 4.79 Å². The molecule has 0 aliphatic rings. The first-order valence-electron chi connectivity index (χ1n) is 7.22. The van der Waals surface area contributed by atoms with E-state index in [0.29, 0.717) is 10.8 Å². The van der Waals surface area contributed by atoms with Crippen molar-refractivity contribution in [1.82, 2.24) is 5.32 Å². The largest absolute Gasteiger partial charge is 0.349 e. The molecular weight excluding hydrogens is 314 g/mol. The summed E-state index contributed by atoms with van der Waals surface area (Å²) in [4.78, 5) is 12.0. The number of thioether (sulfide) groups is 1. The minimum Gasteiger partial charge on any atom is -0.349 e. The lowest BCUT2D eigenvalue weighted by Crippen LogP contribution is -2.28. The van der Waals surface area contributed by atoms with E-state index in [1.54, 1.807) is 11.8 Å². The first-order valence-corrected chi connectivity index (χ1v) is 8.76. The predicted octanol–water partition coefficient (Wildman–Crippen LogP) is 4.76. The Morgan fingerprint density at radius 2 is 1.95 bits per heavy atom. The molecule has 0 fully saturated rings. The van der Waals surface area contributed by atoms with E-state index in [-0.39, 0.29) is 11.9 Å². The van der Waals surface area contributed by atoms with Gasteiger partial charge in [0, 0.05) is 10.8 Å². The third-order valence-electron chi connectivity index (χ3n) is 3.33. The number of halogens is 1. The molecule has 0 radical (unpaired) electrons. The number of benzene rings is 2. The van der Waals surface area contributed by atoms with Gasteiger partial charge in [0.05, 0.1) is 11.8 Å². The molecule has 0 saturated carbocycles. The molecule has 0 bridgehead atoms. The van der Waals surface area contributed by atoms with Crippen LogP contribution in [0.15, 0.2) is 48.5 Å². The monoisotopic (exact) mass is 333 g/mol. The van der Waals surface area contributed by atoms with Gasteiger partial charge in [-0.3, -0.25) is 4.79 Å². The van der Waals surface area contributed by atoms with E-state index >= 15 is 0 Å². The van der Waals surface area contributed by atoms with Gasteiger partial charge in [-0.2, -0.15) is 0 Å². The Bertz CT molecular complexity index is 627. The van der Waals surface area contributed by atoms with E-state index in [1.807, 2.05) is 37.3 Å². The predicted molar refractivity (Wildman–Crippen MR) is 95.4 cm³/mol. The summed E-state index contributed by atoms with van der Waals surface area (Å²) in [6.45, 7) is 4.06.